The lowest BCUT2D eigenvalue weighted by molar-refractivity contribution is -0.113. The third-order valence-electron chi connectivity index (χ3n) is 1.82. The maximum Gasteiger partial charge on any atom is 0.302 e. The molecule has 0 aliphatic heterocycles. The van der Waals surface area contributed by atoms with E-state index in [4.69, 9.17) is 6.42 Å². The van der Waals surface area contributed by atoms with Gasteiger partial charge in [0, 0.05) is 11.0 Å². The van der Waals surface area contributed by atoms with Gasteiger partial charge in [-0.3, -0.25) is 9.69 Å². The molecule has 0 unspecified atom stereocenters. The summed E-state index contributed by atoms with van der Waals surface area (Å²) in [6.07, 6.45) is 6.73. The van der Waals surface area contributed by atoms with Gasteiger partial charge in [-0.1, -0.05) is 18.2 Å². The number of hydrogen-bond donors (Lipinski definition) is 0. The zero-order valence-corrected chi connectivity index (χ0v) is 9.70. The van der Waals surface area contributed by atoms with Crippen molar-refractivity contribution < 1.29 is 4.79 Å². The van der Waals surface area contributed by atoms with Crippen molar-refractivity contribution in [2.75, 3.05) is 11.4 Å². The lowest BCUT2D eigenvalue weighted by Crippen LogP contribution is -2.29. The van der Waals surface area contributed by atoms with Crippen molar-refractivity contribution in [3.8, 4) is 12.3 Å². The Balaban J connectivity index is 3.10. The minimum absolute atomic E-state index is 0.373. The number of rotatable bonds is 3. The molecule has 0 aromatic heterocycles. The van der Waals surface area contributed by atoms with E-state index in [1.807, 2.05) is 24.3 Å². The molecule has 1 aromatic carbocycles. The molecule has 2 nitrogen and oxygen atoms in total. The minimum Gasteiger partial charge on any atom is -0.297 e. The monoisotopic (exact) mass is 263 g/mol. The second kappa shape index (κ2) is 5.38. The predicted molar refractivity (Wildman–Crippen MR) is 65.5 cm³/mol. The molecule has 0 spiro atoms. The molecule has 1 amide bonds. The van der Waals surface area contributed by atoms with Gasteiger partial charge in [-0.25, -0.2) is 0 Å². The second-order valence-corrected chi connectivity index (χ2v) is 3.65. The number of anilines is 1. The topological polar surface area (TPSA) is 20.3 Å². The molecule has 0 atom stereocenters. The Labute approximate surface area is 97.7 Å². The normalized spacial score (nSPS) is 9.07. The Kier molecular flexibility index (Phi) is 4.14. The van der Waals surface area contributed by atoms with Crippen molar-refractivity contribution in [3.05, 3.63) is 41.4 Å². The highest BCUT2D eigenvalue weighted by atomic mass is 79.9. The molecule has 0 N–H and O–H groups in total. The van der Waals surface area contributed by atoms with Gasteiger partial charge in [0.15, 0.2) is 0 Å². The summed E-state index contributed by atoms with van der Waals surface area (Å²) < 4.78 is 0.829. The molecule has 0 saturated carbocycles. The van der Waals surface area contributed by atoms with E-state index >= 15 is 0 Å². The van der Waals surface area contributed by atoms with Gasteiger partial charge in [0.2, 0.25) is 0 Å². The Morgan fingerprint density at radius 2 is 2.27 bits per heavy atom. The molecule has 76 valence electrons. The number of carbonyl (C=O) groups is 1. The van der Waals surface area contributed by atoms with E-state index in [-0.39, 0.29) is 5.91 Å². The first-order chi connectivity index (χ1) is 7.20. The average molecular weight is 264 g/mol. The average Bonchev–Trinajstić information content (AvgIpc) is 2.26. The summed E-state index contributed by atoms with van der Waals surface area (Å²) in [6, 6.07) is 7.40. The Morgan fingerprint density at radius 3 is 2.80 bits per heavy atom. The van der Waals surface area contributed by atoms with Gasteiger partial charge in [0.05, 0.1) is 5.69 Å². The van der Waals surface area contributed by atoms with E-state index in [9.17, 15) is 4.79 Å². The summed E-state index contributed by atoms with van der Waals surface area (Å²) in [5.74, 6) is 1.72. The highest BCUT2D eigenvalue weighted by Gasteiger charge is 2.13. The van der Waals surface area contributed by atoms with Gasteiger partial charge in [0.25, 0.3) is 0 Å². The third-order valence-corrected chi connectivity index (χ3v) is 2.49. The van der Waals surface area contributed by atoms with Crippen LogP contribution in [-0.2, 0) is 4.79 Å². The largest absolute Gasteiger partial charge is 0.302 e. The number of benzene rings is 1. The first-order valence-electron chi connectivity index (χ1n) is 4.34. The quantitative estimate of drug-likeness (QED) is 0.607. The summed E-state index contributed by atoms with van der Waals surface area (Å²) in [5.41, 5.74) is 0.750. The van der Waals surface area contributed by atoms with Crippen LogP contribution in [-0.4, -0.2) is 12.5 Å². The van der Waals surface area contributed by atoms with Gasteiger partial charge in [-0.15, -0.1) is 13.0 Å². The third kappa shape index (κ3) is 2.71. The van der Waals surface area contributed by atoms with Crippen LogP contribution in [0.3, 0.4) is 0 Å². The summed E-state index contributed by atoms with van der Waals surface area (Å²) >= 11 is 3.37. The molecule has 0 radical (unpaired) electrons. The molecule has 15 heavy (non-hydrogen) atoms. The van der Waals surface area contributed by atoms with Crippen LogP contribution in [0.2, 0.25) is 0 Å². The van der Waals surface area contributed by atoms with Gasteiger partial charge >= 0.3 is 5.91 Å². The van der Waals surface area contributed by atoms with E-state index in [2.05, 4.69) is 28.4 Å². The van der Waals surface area contributed by atoms with Crippen LogP contribution in [0.1, 0.15) is 0 Å². The molecule has 0 saturated heterocycles. The lowest BCUT2D eigenvalue weighted by atomic mass is 10.3. The summed E-state index contributed by atoms with van der Waals surface area (Å²) in [7, 11) is 0. The van der Waals surface area contributed by atoms with Crippen molar-refractivity contribution in [2.24, 2.45) is 0 Å². The van der Waals surface area contributed by atoms with Crippen LogP contribution in [0.5, 0.6) is 0 Å². The fraction of sp³-hybridized carbons (Fsp3) is 0.0833. The number of terminal acetylenes is 1. The van der Waals surface area contributed by atoms with Crippen molar-refractivity contribution in [1.29, 1.82) is 0 Å². The highest BCUT2D eigenvalue weighted by Crippen LogP contribution is 2.25. The highest BCUT2D eigenvalue weighted by molar-refractivity contribution is 9.10. The van der Waals surface area contributed by atoms with E-state index in [0.29, 0.717) is 6.54 Å². The number of amides is 1. The molecule has 1 rings (SSSR count). The number of para-hydroxylation sites is 1. The number of nitrogens with zero attached hydrogens (tertiary/aromatic N) is 1. The van der Waals surface area contributed by atoms with Crippen molar-refractivity contribution in [1.82, 2.24) is 0 Å². The number of halogens is 1. The molecule has 0 heterocycles. The molecule has 0 bridgehead atoms. The molecule has 0 aliphatic carbocycles. The van der Waals surface area contributed by atoms with Crippen LogP contribution < -0.4 is 4.90 Å². The maximum atomic E-state index is 11.5. The van der Waals surface area contributed by atoms with Gasteiger partial charge in [-0.05, 0) is 34.0 Å². The zero-order valence-electron chi connectivity index (χ0n) is 8.11. The van der Waals surface area contributed by atoms with Crippen molar-refractivity contribution >= 4 is 27.5 Å². The van der Waals surface area contributed by atoms with Crippen LogP contribution in [0.15, 0.2) is 41.4 Å². The van der Waals surface area contributed by atoms with Crippen LogP contribution >= 0.6 is 15.9 Å². The number of hydrogen-bond acceptors (Lipinski definition) is 1. The fourth-order valence-electron chi connectivity index (χ4n) is 1.17. The fourth-order valence-corrected chi connectivity index (χ4v) is 1.67. The predicted octanol–water partition coefficient (Wildman–Crippen LogP) is 2.60. The van der Waals surface area contributed by atoms with Crippen molar-refractivity contribution in [3.63, 3.8) is 0 Å². The van der Waals surface area contributed by atoms with Crippen LogP contribution in [0, 0.1) is 12.3 Å². The van der Waals surface area contributed by atoms with Gasteiger partial charge < -0.3 is 0 Å². The van der Waals surface area contributed by atoms with Gasteiger partial charge in [-0.2, -0.15) is 0 Å². The van der Waals surface area contributed by atoms with E-state index in [0.717, 1.165) is 10.2 Å². The molecular formula is C12H10BrNO. The van der Waals surface area contributed by atoms with Gasteiger partial charge in [0.1, 0.15) is 0 Å². The Bertz CT molecular complexity index is 420. The lowest BCUT2D eigenvalue weighted by Gasteiger charge is -2.19. The smallest absolute Gasteiger partial charge is 0.297 e. The van der Waals surface area contributed by atoms with E-state index in [1.54, 1.807) is 6.08 Å². The second-order valence-electron chi connectivity index (χ2n) is 2.80. The molecule has 1 aromatic rings. The summed E-state index contributed by atoms with van der Waals surface area (Å²) in [5, 5.41) is 0. The maximum absolute atomic E-state index is 11.5. The SMILES string of the molecule is C#CC(=O)N(CC=C)c1ccccc1Br. The summed E-state index contributed by atoms with van der Waals surface area (Å²) in [4.78, 5) is 13.0. The van der Waals surface area contributed by atoms with Crippen molar-refractivity contribution in [2.45, 2.75) is 0 Å². The molecule has 0 aliphatic rings. The summed E-state index contributed by atoms with van der Waals surface area (Å²) in [6.45, 7) is 3.99. The first kappa shape index (κ1) is 11.5. The van der Waals surface area contributed by atoms with Crippen LogP contribution in [0.25, 0.3) is 0 Å². The zero-order chi connectivity index (χ0) is 11.3. The number of carbonyl (C=O) groups excluding carboxylic acids is 1. The molecule has 0 fully saturated rings. The standard InChI is InChI=1S/C12H10BrNO/c1-3-9-14(12(15)4-2)11-8-6-5-7-10(11)13/h2-3,5-8H,1,9H2. The Morgan fingerprint density at radius 1 is 1.60 bits per heavy atom. The Hall–Kier alpha value is -1.53. The van der Waals surface area contributed by atoms with E-state index in [1.165, 1.54) is 4.90 Å². The molecule has 3 heteroatoms. The minimum atomic E-state index is -0.373. The first-order valence-corrected chi connectivity index (χ1v) is 5.13. The van der Waals surface area contributed by atoms with E-state index < -0.39 is 0 Å². The molecular weight excluding hydrogens is 254 g/mol. The van der Waals surface area contributed by atoms with Crippen LogP contribution in [0.4, 0.5) is 5.69 Å².